The molecule has 2 atom stereocenters. The Morgan fingerprint density at radius 3 is 2.49 bits per heavy atom. The van der Waals surface area contributed by atoms with Crippen molar-refractivity contribution < 1.29 is 4.79 Å². The summed E-state index contributed by atoms with van der Waals surface area (Å²) in [6.45, 7) is 9.03. The fraction of sp³-hybridized carbons (Fsp3) is 0.731. The summed E-state index contributed by atoms with van der Waals surface area (Å²) in [5.74, 6) is 1.40. The molecule has 37 heavy (non-hydrogen) atoms. The molecule has 1 aliphatic carbocycles. The Hall–Kier alpha value is -2.37. The number of hydrogen-bond acceptors (Lipinski definition) is 10. The van der Waals surface area contributed by atoms with Crippen molar-refractivity contribution in [2.45, 2.75) is 70.4 Å². The Balaban J connectivity index is 1.20. The lowest BCUT2D eigenvalue weighted by Gasteiger charge is -2.41. The second-order valence-electron chi connectivity index (χ2n) is 10.6. The number of piperazine rings is 1. The van der Waals surface area contributed by atoms with Crippen molar-refractivity contribution >= 4 is 33.3 Å². The van der Waals surface area contributed by atoms with Gasteiger partial charge < -0.3 is 15.1 Å². The molecule has 0 unspecified atom stereocenters. The number of rotatable bonds is 8. The van der Waals surface area contributed by atoms with Crippen molar-refractivity contribution in [3.05, 3.63) is 18.3 Å². The normalized spacial score (nSPS) is 23.4. The predicted octanol–water partition coefficient (Wildman–Crippen LogP) is 3.32. The minimum absolute atomic E-state index is 0.0900. The molecule has 3 fully saturated rings. The van der Waals surface area contributed by atoms with E-state index in [9.17, 15) is 4.79 Å². The molecular formula is C26H41N9OS. The smallest absolute Gasteiger partial charge is 0.243 e. The summed E-state index contributed by atoms with van der Waals surface area (Å²) in [6, 6.07) is 4.07. The van der Waals surface area contributed by atoms with Gasteiger partial charge in [0.2, 0.25) is 16.2 Å². The molecule has 11 heteroatoms. The second kappa shape index (κ2) is 12.9. The molecule has 202 valence electrons. The summed E-state index contributed by atoms with van der Waals surface area (Å²) in [4.78, 5) is 20.9. The lowest BCUT2D eigenvalue weighted by Crippen LogP contribution is -2.56. The van der Waals surface area contributed by atoms with Gasteiger partial charge in [0, 0.05) is 51.5 Å². The maximum Gasteiger partial charge on any atom is 0.243 e. The molecule has 3 aliphatic rings. The summed E-state index contributed by atoms with van der Waals surface area (Å²) in [7, 11) is 0. The Labute approximate surface area is 224 Å². The maximum absolute atomic E-state index is 13.7. The molecule has 4 heterocycles. The average Bonchev–Trinajstić information content (AvgIpc) is 3.56. The zero-order valence-electron chi connectivity index (χ0n) is 22.0. The number of hydrogen-bond donors (Lipinski definition) is 2. The standard InChI is InChI=1S/C26H41N9OS/c1-2-33-15-17-34(18-16-33)23(20-9-6-4-3-5-7-10-20)24(36)29-26-32-31-25(37-26)28-21-12-14-35(19-21)22-11-8-13-27-30-22/h8,11,13,20-21,23H,2-7,9-10,12,14-19H2,1H3,(H,28,31)(H,29,32,36)/t21-,23+/m1/s1. The highest BCUT2D eigenvalue weighted by Gasteiger charge is 2.35. The van der Waals surface area contributed by atoms with E-state index in [1.807, 2.05) is 12.1 Å². The summed E-state index contributed by atoms with van der Waals surface area (Å²) >= 11 is 1.43. The van der Waals surface area contributed by atoms with Crippen LogP contribution in [0.3, 0.4) is 0 Å². The number of nitrogens with one attached hydrogen (secondary N) is 2. The molecule has 2 aromatic heterocycles. The summed E-state index contributed by atoms with van der Waals surface area (Å²) < 4.78 is 0. The first-order valence-corrected chi connectivity index (χ1v) is 14.9. The number of likely N-dealkylation sites (N-methyl/N-ethyl adjacent to an activating group) is 1. The number of nitrogens with zero attached hydrogens (tertiary/aromatic N) is 7. The van der Waals surface area contributed by atoms with Crippen LogP contribution in [-0.4, -0.2) is 94.0 Å². The highest BCUT2D eigenvalue weighted by molar-refractivity contribution is 7.19. The quantitative estimate of drug-likeness (QED) is 0.535. The van der Waals surface area contributed by atoms with Crippen molar-refractivity contribution in [1.82, 2.24) is 30.2 Å². The van der Waals surface area contributed by atoms with Crippen molar-refractivity contribution in [2.24, 2.45) is 5.92 Å². The number of amides is 1. The maximum atomic E-state index is 13.7. The van der Waals surface area contributed by atoms with Gasteiger partial charge in [-0.25, -0.2) is 0 Å². The van der Waals surface area contributed by atoms with Crippen molar-refractivity contribution in [2.75, 3.05) is 61.3 Å². The summed E-state index contributed by atoms with van der Waals surface area (Å²) in [5, 5.41) is 24.9. The van der Waals surface area contributed by atoms with Crippen LogP contribution in [0, 0.1) is 5.92 Å². The minimum Gasteiger partial charge on any atom is -0.355 e. The molecule has 2 aromatic rings. The van der Waals surface area contributed by atoms with Crippen LogP contribution < -0.4 is 15.5 Å². The molecule has 2 aliphatic heterocycles. The Morgan fingerprint density at radius 1 is 1.00 bits per heavy atom. The van der Waals surface area contributed by atoms with Crippen molar-refractivity contribution in [1.29, 1.82) is 0 Å². The van der Waals surface area contributed by atoms with E-state index < -0.39 is 0 Å². The van der Waals surface area contributed by atoms with Crippen LogP contribution in [0.5, 0.6) is 0 Å². The molecule has 0 bridgehead atoms. The monoisotopic (exact) mass is 527 g/mol. The number of carbonyl (C=O) groups excluding carboxylic acids is 1. The van der Waals surface area contributed by atoms with E-state index >= 15 is 0 Å². The van der Waals surface area contributed by atoms with Crippen LogP contribution in [-0.2, 0) is 4.79 Å². The van der Waals surface area contributed by atoms with Crippen LogP contribution in [0.25, 0.3) is 0 Å². The molecule has 10 nitrogen and oxygen atoms in total. The van der Waals surface area contributed by atoms with E-state index in [-0.39, 0.29) is 18.0 Å². The topological polar surface area (TPSA) is 102 Å². The molecule has 2 N–H and O–H groups in total. The Morgan fingerprint density at radius 2 is 1.76 bits per heavy atom. The molecule has 5 rings (SSSR count). The first kappa shape index (κ1) is 26.2. The second-order valence-corrected chi connectivity index (χ2v) is 11.6. The van der Waals surface area contributed by atoms with Crippen LogP contribution in [0.4, 0.5) is 16.1 Å². The average molecular weight is 528 g/mol. The van der Waals surface area contributed by atoms with Gasteiger partial charge in [0.25, 0.3) is 0 Å². The van der Waals surface area contributed by atoms with Crippen LogP contribution in [0.2, 0.25) is 0 Å². The zero-order chi connectivity index (χ0) is 25.5. The van der Waals surface area contributed by atoms with Gasteiger partial charge in [-0.05, 0) is 43.9 Å². The van der Waals surface area contributed by atoms with Crippen LogP contribution >= 0.6 is 11.3 Å². The van der Waals surface area contributed by atoms with E-state index in [1.54, 1.807) is 6.20 Å². The molecular weight excluding hydrogens is 486 g/mol. The van der Waals surface area contributed by atoms with Gasteiger partial charge >= 0.3 is 0 Å². The lowest BCUT2D eigenvalue weighted by atomic mass is 9.84. The van der Waals surface area contributed by atoms with E-state index in [4.69, 9.17) is 0 Å². The molecule has 2 saturated heterocycles. The number of aromatic nitrogens is 4. The van der Waals surface area contributed by atoms with Gasteiger partial charge in [-0.1, -0.05) is 50.4 Å². The third-order valence-electron chi connectivity index (χ3n) is 8.17. The zero-order valence-corrected chi connectivity index (χ0v) is 22.8. The highest BCUT2D eigenvalue weighted by atomic mass is 32.1. The predicted molar refractivity (Wildman–Crippen MR) is 148 cm³/mol. The minimum atomic E-state index is -0.0900. The van der Waals surface area contributed by atoms with Gasteiger partial charge in [0.05, 0.1) is 6.04 Å². The van der Waals surface area contributed by atoms with E-state index in [1.165, 1.54) is 43.4 Å². The lowest BCUT2D eigenvalue weighted by molar-refractivity contribution is -0.124. The van der Waals surface area contributed by atoms with Gasteiger partial charge in [0.15, 0.2) is 5.82 Å². The molecule has 1 amide bonds. The van der Waals surface area contributed by atoms with Gasteiger partial charge in [0.1, 0.15) is 0 Å². The van der Waals surface area contributed by atoms with Crippen LogP contribution in [0.1, 0.15) is 58.3 Å². The van der Waals surface area contributed by atoms with Gasteiger partial charge in [-0.15, -0.1) is 15.3 Å². The van der Waals surface area contributed by atoms with Crippen molar-refractivity contribution in [3.63, 3.8) is 0 Å². The van der Waals surface area contributed by atoms with Gasteiger partial charge in [-0.2, -0.15) is 5.10 Å². The SMILES string of the molecule is CCN1CCN([C@H](C(=O)Nc2nnc(N[C@@H]3CCN(c4cccnn4)C3)s2)C2CCCCCCC2)CC1. The van der Waals surface area contributed by atoms with Gasteiger partial charge in [-0.3, -0.25) is 15.0 Å². The number of carbonyl (C=O) groups is 1. The molecule has 0 radical (unpaired) electrons. The molecule has 1 saturated carbocycles. The van der Waals surface area contributed by atoms with Crippen LogP contribution in [0.15, 0.2) is 18.3 Å². The van der Waals surface area contributed by atoms with E-state index in [2.05, 4.69) is 52.7 Å². The highest BCUT2D eigenvalue weighted by Crippen LogP contribution is 2.30. The summed E-state index contributed by atoms with van der Waals surface area (Å²) in [5.41, 5.74) is 0. The molecule has 0 spiro atoms. The largest absolute Gasteiger partial charge is 0.355 e. The first-order valence-electron chi connectivity index (χ1n) is 14.1. The number of anilines is 3. The summed E-state index contributed by atoms with van der Waals surface area (Å²) in [6.07, 6.45) is 11.3. The third-order valence-corrected chi connectivity index (χ3v) is 8.94. The Kier molecular flexibility index (Phi) is 9.17. The van der Waals surface area contributed by atoms with Crippen molar-refractivity contribution in [3.8, 4) is 0 Å². The fourth-order valence-electron chi connectivity index (χ4n) is 6.07. The fourth-order valence-corrected chi connectivity index (χ4v) is 6.80. The van der Waals surface area contributed by atoms with E-state index in [0.29, 0.717) is 11.0 Å². The third kappa shape index (κ3) is 6.94. The first-order chi connectivity index (χ1) is 18.2. The molecule has 0 aromatic carbocycles. The Bertz CT molecular complexity index is 973. The van der Waals surface area contributed by atoms with E-state index in [0.717, 1.165) is 76.0 Å².